The zero-order valence-corrected chi connectivity index (χ0v) is 30.4. The third-order valence-corrected chi connectivity index (χ3v) is 11.2. The number of allylic oxidation sites excluding steroid dienone is 1. The molecule has 2 unspecified atom stereocenters. The summed E-state index contributed by atoms with van der Waals surface area (Å²) in [4.78, 5) is 16.8. The van der Waals surface area contributed by atoms with Crippen LogP contribution in [0.5, 0.6) is 0 Å². The Morgan fingerprint density at radius 3 is 1.84 bits per heavy atom. The van der Waals surface area contributed by atoms with E-state index in [-0.39, 0.29) is 12.1 Å². The zero-order chi connectivity index (χ0) is 37.0. The molecular weight excluding hydrogens is 683 g/mol. The molecule has 0 saturated carbocycles. The minimum atomic E-state index is 0.00473. The summed E-state index contributed by atoms with van der Waals surface area (Å²) in [5.74, 6) is 0. The summed E-state index contributed by atoms with van der Waals surface area (Å²) in [7, 11) is 0. The Hall–Kier alpha value is -7.37. The molecule has 3 aromatic heterocycles. The molecule has 2 aliphatic heterocycles. The summed E-state index contributed by atoms with van der Waals surface area (Å²) in [5.41, 5.74) is 15.8. The largest absolute Gasteiger partial charge is 0.332 e. The van der Waals surface area contributed by atoms with Gasteiger partial charge < -0.3 is 9.47 Å². The van der Waals surface area contributed by atoms with Crippen LogP contribution in [0, 0.1) is 0 Å². The number of dihydropyridines is 1. The van der Waals surface area contributed by atoms with Crippen molar-refractivity contribution in [1.29, 1.82) is 0 Å². The number of aromatic nitrogens is 3. The van der Waals surface area contributed by atoms with Gasteiger partial charge in [-0.1, -0.05) is 84.9 Å². The molecule has 5 heterocycles. The number of hydrogen-bond acceptors (Lipinski definition) is 4. The van der Waals surface area contributed by atoms with E-state index in [0.29, 0.717) is 0 Å². The average molecular weight is 718 g/mol. The SMILES string of the molecule is C1=CC2C(N=C1)c1cc(-c3ccc4c5ccccc5n(-c5ccccc5)c4c3)ccc1N2c1ccc(-c2cc(-c3ccccn3)cc(-c3ccccn3)c2)cc1. The van der Waals surface area contributed by atoms with Crippen molar-refractivity contribution in [2.75, 3.05) is 4.90 Å². The molecule has 11 rings (SSSR count). The van der Waals surface area contributed by atoms with Crippen molar-refractivity contribution < 1.29 is 0 Å². The molecule has 9 aromatic rings. The number of anilines is 2. The van der Waals surface area contributed by atoms with E-state index < -0.39 is 0 Å². The summed E-state index contributed by atoms with van der Waals surface area (Å²) in [5, 5.41) is 2.51. The number of para-hydroxylation sites is 2. The summed E-state index contributed by atoms with van der Waals surface area (Å²) in [6.45, 7) is 0. The number of fused-ring (bicyclic) bond motifs is 6. The quantitative estimate of drug-likeness (QED) is 0.172. The van der Waals surface area contributed by atoms with Crippen molar-refractivity contribution >= 4 is 39.4 Å². The Morgan fingerprint density at radius 1 is 0.446 bits per heavy atom. The van der Waals surface area contributed by atoms with Gasteiger partial charge in [0.05, 0.1) is 28.5 Å². The molecule has 0 N–H and O–H groups in total. The van der Waals surface area contributed by atoms with Crippen molar-refractivity contribution in [2.24, 2.45) is 4.99 Å². The first-order valence-electron chi connectivity index (χ1n) is 19.1. The minimum Gasteiger partial charge on any atom is -0.332 e. The van der Waals surface area contributed by atoms with Crippen molar-refractivity contribution in [3.05, 3.63) is 200 Å². The van der Waals surface area contributed by atoms with Gasteiger partial charge in [0.2, 0.25) is 0 Å². The van der Waals surface area contributed by atoms with E-state index in [4.69, 9.17) is 4.99 Å². The molecule has 0 bridgehead atoms. The van der Waals surface area contributed by atoms with Gasteiger partial charge in [0.15, 0.2) is 0 Å². The van der Waals surface area contributed by atoms with Crippen LogP contribution in [0.4, 0.5) is 11.4 Å². The van der Waals surface area contributed by atoms with Crippen molar-refractivity contribution in [3.8, 4) is 50.5 Å². The van der Waals surface area contributed by atoms with E-state index >= 15 is 0 Å². The lowest BCUT2D eigenvalue weighted by atomic mass is 9.96. The lowest BCUT2D eigenvalue weighted by Gasteiger charge is -2.28. The van der Waals surface area contributed by atoms with Crippen LogP contribution in [-0.4, -0.2) is 26.8 Å². The molecule has 0 saturated heterocycles. The number of nitrogens with zero attached hydrogens (tertiary/aromatic N) is 5. The summed E-state index contributed by atoms with van der Waals surface area (Å²) < 4.78 is 2.38. The molecule has 0 fully saturated rings. The fraction of sp³-hybridized carbons (Fsp3) is 0.0392. The van der Waals surface area contributed by atoms with Crippen molar-refractivity contribution in [3.63, 3.8) is 0 Å². The minimum absolute atomic E-state index is 0.00473. The maximum absolute atomic E-state index is 5.05. The van der Waals surface area contributed by atoms with Gasteiger partial charge in [-0.05, 0) is 119 Å². The topological polar surface area (TPSA) is 46.3 Å². The number of benzene rings is 6. The summed E-state index contributed by atoms with van der Waals surface area (Å²) in [6.07, 6.45) is 9.99. The van der Waals surface area contributed by atoms with E-state index in [1.807, 2.05) is 42.9 Å². The number of pyridine rings is 2. The molecule has 0 radical (unpaired) electrons. The second kappa shape index (κ2) is 13.2. The molecule has 0 spiro atoms. The lowest BCUT2D eigenvalue weighted by molar-refractivity contribution is 0.667. The number of aliphatic imine (C=N–C) groups is 1. The molecule has 2 aliphatic rings. The Bertz CT molecular complexity index is 2910. The van der Waals surface area contributed by atoms with Crippen LogP contribution in [0.2, 0.25) is 0 Å². The predicted octanol–water partition coefficient (Wildman–Crippen LogP) is 12.4. The first-order valence-corrected chi connectivity index (χ1v) is 19.1. The Balaban J connectivity index is 0.975. The van der Waals surface area contributed by atoms with Crippen LogP contribution in [0.3, 0.4) is 0 Å². The van der Waals surface area contributed by atoms with Gasteiger partial charge in [-0.25, -0.2) is 0 Å². The standard InChI is InChI=1S/C51H35N5/c1-2-11-40(12-3-1)56-47-16-5-4-13-42(47)43-24-20-36(33-50(43)56)35-21-25-48-44(32-35)51-49(17-10-28-54-51)55(48)41-22-18-34(19-23-41)37-29-38(45-14-6-8-26-52-45)31-39(30-37)46-15-7-9-27-53-46/h1-33,49,51H. The molecule has 2 atom stereocenters. The second-order valence-corrected chi connectivity index (χ2v) is 14.5. The van der Waals surface area contributed by atoms with Gasteiger partial charge in [-0.15, -0.1) is 0 Å². The van der Waals surface area contributed by atoms with E-state index in [1.54, 1.807) is 0 Å². The molecule has 5 nitrogen and oxygen atoms in total. The normalized spacial score (nSPS) is 15.7. The Kier molecular flexibility index (Phi) is 7.56. The van der Waals surface area contributed by atoms with E-state index in [1.165, 1.54) is 44.2 Å². The van der Waals surface area contributed by atoms with Gasteiger partial charge in [-0.2, -0.15) is 0 Å². The zero-order valence-electron chi connectivity index (χ0n) is 30.4. The molecule has 0 aliphatic carbocycles. The molecular formula is C51H35N5. The lowest BCUT2D eigenvalue weighted by Crippen LogP contribution is -2.28. The highest BCUT2D eigenvalue weighted by Crippen LogP contribution is 2.49. The summed E-state index contributed by atoms with van der Waals surface area (Å²) >= 11 is 0. The fourth-order valence-corrected chi connectivity index (χ4v) is 8.63. The monoisotopic (exact) mass is 717 g/mol. The molecule has 0 amide bonds. The maximum atomic E-state index is 5.05. The van der Waals surface area contributed by atoms with Crippen LogP contribution in [0.25, 0.3) is 72.3 Å². The molecule has 6 aromatic carbocycles. The first-order chi connectivity index (χ1) is 27.8. The van der Waals surface area contributed by atoms with Crippen LogP contribution in [0.15, 0.2) is 199 Å². The van der Waals surface area contributed by atoms with Gasteiger partial charge in [0.25, 0.3) is 0 Å². The van der Waals surface area contributed by atoms with Crippen LogP contribution >= 0.6 is 0 Å². The fourth-order valence-electron chi connectivity index (χ4n) is 8.63. The number of hydrogen-bond donors (Lipinski definition) is 0. The molecule has 56 heavy (non-hydrogen) atoms. The van der Waals surface area contributed by atoms with Gasteiger partial charge in [0, 0.05) is 63.1 Å². The van der Waals surface area contributed by atoms with E-state index in [2.05, 4.69) is 177 Å². The third kappa shape index (κ3) is 5.36. The Morgan fingerprint density at radius 2 is 1.09 bits per heavy atom. The molecule has 5 heteroatoms. The van der Waals surface area contributed by atoms with E-state index in [9.17, 15) is 0 Å². The maximum Gasteiger partial charge on any atom is 0.101 e. The second-order valence-electron chi connectivity index (χ2n) is 14.5. The van der Waals surface area contributed by atoms with Crippen LogP contribution < -0.4 is 4.90 Å². The highest BCUT2D eigenvalue weighted by Gasteiger charge is 2.38. The van der Waals surface area contributed by atoms with Gasteiger partial charge >= 0.3 is 0 Å². The smallest absolute Gasteiger partial charge is 0.101 e. The Labute approximate surface area is 325 Å². The van der Waals surface area contributed by atoms with Crippen molar-refractivity contribution in [1.82, 2.24) is 14.5 Å². The van der Waals surface area contributed by atoms with Crippen molar-refractivity contribution in [2.45, 2.75) is 12.1 Å². The van der Waals surface area contributed by atoms with Gasteiger partial charge in [0.1, 0.15) is 6.04 Å². The molecule has 264 valence electrons. The average Bonchev–Trinajstić information content (AvgIpc) is 3.79. The number of rotatable bonds is 6. The van der Waals surface area contributed by atoms with Crippen LogP contribution in [-0.2, 0) is 0 Å². The highest BCUT2D eigenvalue weighted by molar-refractivity contribution is 6.10. The van der Waals surface area contributed by atoms with Crippen LogP contribution in [0.1, 0.15) is 11.6 Å². The highest BCUT2D eigenvalue weighted by atomic mass is 15.2. The van der Waals surface area contributed by atoms with E-state index in [0.717, 1.165) is 45.0 Å². The van der Waals surface area contributed by atoms with Gasteiger partial charge in [-0.3, -0.25) is 15.0 Å². The summed E-state index contributed by atoms with van der Waals surface area (Å²) in [6, 6.07) is 60.9. The third-order valence-electron chi connectivity index (χ3n) is 11.2. The first kappa shape index (κ1) is 32.1. The predicted molar refractivity (Wildman–Crippen MR) is 231 cm³/mol.